The maximum absolute atomic E-state index is 10.8. The Morgan fingerprint density at radius 3 is 2.69 bits per heavy atom. The van der Waals surface area contributed by atoms with Crippen LogP contribution in [0.1, 0.15) is 21.5 Å². The highest BCUT2D eigenvalue weighted by molar-refractivity contribution is 5.93. The molecule has 3 nitrogen and oxygen atoms in total. The van der Waals surface area contributed by atoms with Gasteiger partial charge in [-0.15, -0.1) is 12.4 Å². The van der Waals surface area contributed by atoms with E-state index in [1.54, 1.807) is 12.1 Å². The number of carbonyl (C=O) groups is 1. The van der Waals surface area contributed by atoms with Gasteiger partial charge in [-0.05, 0) is 23.3 Å². The molecule has 1 heterocycles. The second-order valence-electron chi connectivity index (χ2n) is 2.84. The lowest BCUT2D eigenvalue weighted by molar-refractivity contribution is 0.1000. The van der Waals surface area contributed by atoms with Crippen LogP contribution in [0.15, 0.2) is 18.2 Å². The molecule has 0 aromatic heterocycles. The van der Waals surface area contributed by atoms with E-state index in [1.807, 2.05) is 6.07 Å². The predicted molar refractivity (Wildman–Crippen MR) is 50.7 cm³/mol. The fourth-order valence-electron chi connectivity index (χ4n) is 1.33. The van der Waals surface area contributed by atoms with Crippen LogP contribution in [0.5, 0.6) is 0 Å². The van der Waals surface area contributed by atoms with Crippen molar-refractivity contribution in [2.24, 2.45) is 5.73 Å². The molecule has 1 aromatic rings. The summed E-state index contributed by atoms with van der Waals surface area (Å²) in [4.78, 5) is 10.8. The van der Waals surface area contributed by atoms with Gasteiger partial charge in [0.2, 0.25) is 5.91 Å². The molecule has 1 amide bonds. The number of fused-ring (bicyclic) bond motifs is 1. The Morgan fingerprint density at radius 1 is 1.31 bits per heavy atom. The highest BCUT2D eigenvalue weighted by Gasteiger charge is 2.12. The Labute approximate surface area is 82.3 Å². The molecule has 0 saturated carbocycles. The van der Waals surface area contributed by atoms with Crippen molar-refractivity contribution in [2.45, 2.75) is 13.2 Å². The van der Waals surface area contributed by atoms with Gasteiger partial charge in [0.15, 0.2) is 0 Å². The van der Waals surface area contributed by atoms with Crippen molar-refractivity contribution in [3.05, 3.63) is 34.9 Å². The topological polar surface area (TPSA) is 52.3 Å². The largest absolute Gasteiger partial charge is 0.372 e. The number of hydrogen-bond donors (Lipinski definition) is 1. The molecular formula is C9H10ClNO2. The number of ether oxygens (including phenoxy) is 1. The minimum atomic E-state index is -0.385. The molecule has 1 aliphatic rings. The number of benzene rings is 1. The van der Waals surface area contributed by atoms with E-state index in [-0.39, 0.29) is 18.3 Å². The predicted octanol–water partition coefficient (Wildman–Crippen LogP) is 1.24. The van der Waals surface area contributed by atoms with Gasteiger partial charge in [0.1, 0.15) is 0 Å². The van der Waals surface area contributed by atoms with Gasteiger partial charge in [0.25, 0.3) is 0 Å². The van der Waals surface area contributed by atoms with Crippen LogP contribution in [0, 0.1) is 0 Å². The third kappa shape index (κ3) is 1.82. The van der Waals surface area contributed by atoms with Gasteiger partial charge in [0, 0.05) is 5.56 Å². The number of halogens is 1. The highest BCUT2D eigenvalue weighted by atomic mass is 35.5. The molecule has 0 spiro atoms. The first-order chi connectivity index (χ1) is 5.77. The summed E-state index contributed by atoms with van der Waals surface area (Å²) in [6.45, 7) is 1.24. The summed E-state index contributed by atoms with van der Waals surface area (Å²) in [6, 6.07) is 5.42. The van der Waals surface area contributed by atoms with Crippen molar-refractivity contribution in [1.82, 2.24) is 0 Å². The number of primary amides is 1. The van der Waals surface area contributed by atoms with E-state index in [0.717, 1.165) is 11.1 Å². The van der Waals surface area contributed by atoms with Gasteiger partial charge in [-0.25, -0.2) is 0 Å². The maximum atomic E-state index is 10.8. The molecule has 4 heteroatoms. The third-order valence-corrected chi connectivity index (χ3v) is 2.01. The number of carbonyl (C=O) groups excluding carboxylic acids is 1. The summed E-state index contributed by atoms with van der Waals surface area (Å²) in [7, 11) is 0. The van der Waals surface area contributed by atoms with Crippen LogP contribution < -0.4 is 5.73 Å². The molecule has 0 radical (unpaired) electrons. The van der Waals surface area contributed by atoms with Crippen LogP contribution in [-0.4, -0.2) is 5.91 Å². The Bertz CT molecular complexity index is 338. The average molecular weight is 200 g/mol. The fourth-order valence-corrected chi connectivity index (χ4v) is 1.33. The number of nitrogens with two attached hydrogens (primary N) is 1. The summed E-state index contributed by atoms with van der Waals surface area (Å²) in [5, 5.41) is 0. The van der Waals surface area contributed by atoms with Crippen molar-refractivity contribution >= 4 is 18.3 Å². The van der Waals surface area contributed by atoms with E-state index >= 15 is 0 Å². The molecule has 1 aliphatic heterocycles. The Kier molecular flexibility index (Phi) is 2.90. The molecule has 13 heavy (non-hydrogen) atoms. The molecule has 70 valence electrons. The van der Waals surface area contributed by atoms with Gasteiger partial charge in [0.05, 0.1) is 13.2 Å². The van der Waals surface area contributed by atoms with E-state index in [1.165, 1.54) is 0 Å². The van der Waals surface area contributed by atoms with E-state index in [4.69, 9.17) is 10.5 Å². The van der Waals surface area contributed by atoms with E-state index in [2.05, 4.69) is 0 Å². The minimum Gasteiger partial charge on any atom is -0.372 e. The van der Waals surface area contributed by atoms with Crippen LogP contribution in [0.3, 0.4) is 0 Å². The third-order valence-electron chi connectivity index (χ3n) is 2.01. The van der Waals surface area contributed by atoms with Crippen LogP contribution in [0.4, 0.5) is 0 Å². The first-order valence-electron chi connectivity index (χ1n) is 3.77. The molecule has 0 unspecified atom stereocenters. The zero-order valence-electron chi connectivity index (χ0n) is 6.95. The standard InChI is InChI=1S/C9H9NO2.ClH/c10-9(11)6-1-2-7-4-12-5-8(7)3-6;/h1-3H,4-5H2,(H2,10,11);1H. The molecule has 2 rings (SSSR count). The number of amides is 1. The van der Waals surface area contributed by atoms with E-state index < -0.39 is 0 Å². The van der Waals surface area contributed by atoms with Crippen molar-refractivity contribution in [2.75, 3.05) is 0 Å². The SMILES string of the molecule is Cl.NC(=O)c1ccc2c(c1)COC2. The van der Waals surface area contributed by atoms with Gasteiger partial charge in [-0.3, -0.25) is 4.79 Å². The lowest BCUT2D eigenvalue weighted by Gasteiger charge is -1.98. The Morgan fingerprint density at radius 2 is 2.00 bits per heavy atom. The molecule has 2 N–H and O–H groups in total. The van der Waals surface area contributed by atoms with Crippen LogP contribution in [-0.2, 0) is 18.0 Å². The smallest absolute Gasteiger partial charge is 0.248 e. The van der Waals surface area contributed by atoms with Gasteiger partial charge >= 0.3 is 0 Å². The molecule has 0 aliphatic carbocycles. The van der Waals surface area contributed by atoms with E-state index in [9.17, 15) is 4.79 Å². The summed E-state index contributed by atoms with van der Waals surface area (Å²) in [6.07, 6.45) is 0. The quantitative estimate of drug-likeness (QED) is 0.740. The van der Waals surface area contributed by atoms with Gasteiger partial charge in [-0.1, -0.05) is 6.07 Å². The normalized spacial score (nSPS) is 13.2. The minimum absolute atomic E-state index is 0. The lowest BCUT2D eigenvalue weighted by atomic mass is 10.1. The molecule has 0 saturated heterocycles. The molecule has 1 aromatic carbocycles. The first kappa shape index (κ1) is 10.0. The first-order valence-corrected chi connectivity index (χ1v) is 3.77. The summed E-state index contributed by atoms with van der Waals surface area (Å²) < 4.78 is 5.20. The second kappa shape index (κ2) is 3.77. The Hall–Kier alpha value is -1.06. The molecule has 0 atom stereocenters. The van der Waals surface area contributed by atoms with E-state index in [0.29, 0.717) is 18.8 Å². The fraction of sp³-hybridized carbons (Fsp3) is 0.222. The molecule has 0 fully saturated rings. The van der Waals surface area contributed by atoms with Gasteiger partial charge in [-0.2, -0.15) is 0 Å². The van der Waals surface area contributed by atoms with Crippen LogP contribution >= 0.6 is 12.4 Å². The lowest BCUT2D eigenvalue weighted by Crippen LogP contribution is -2.11. The van der Waals surface area contributed by atoms with Crippen molar-refractivity contribution in [1.29, 1.82) is 0 Å². The van der Waals surface area contributed by atoms with Crippen molar-refractivity contribution in [3.63, 3.8) is 0 Å². The summed E-state index contributed by atoms with van der Waals surface area (Å²) in [5.41, 5.74) is 7.91. The highest BCUT2D eigenvalue weighted by Crippen LogP contribution is 2.20. The Balaban J connectivity index is 0.000000845. The number of hydrogen-bond acceptors (Lipinski definition) is 2. The van der Waals surface area contributed by atoms with Crippen molar-refractivity contribution < 1.29 is 9.53 Å². The monoisotopic (exact) mass is 199 g/mol. The van der Waals surface area contributed by atoms with Crippen LogP contribution in [0.2, 0.25) is 0 Å². The maximum Gasteiger partial charge on any atom is 0.248 e. The second-order valence-corrected chi connectivity index (χ2v) is 2.84. The number of rotatable bonds is 1. The van der Waals surface area contributed by atoms with Crippen LogP contribution in [0.25, 0.3) is 0 Å². The molecular weight excluding hydrogens is 190 g/mol. The van der Waals surface area contributed by atoms with Gasteiger partial charge < -0.3 is 10.5 Å². The van der Waals surface area contributed by atoms with Crippen molar-refractivity contribution in [3.8, 4) is 0 Å². The summed E-state index contributed by atoms with van der Waals surface area (Å²) in [5.74, 6) is -0.385. The summed E-state index contributed by atoms with van der Waals surface area (Å²) >= 11 is 0. The average Bonchev–Trinajstić information content (AvgIpc) is 2.49. The zero-order chi connectivity index (χ0) is 8.55. The molecule has 0 bridgehead atoms. The zero-order valence-corrected chi connectivity index (χ0v) is 7.76.